The zero-order valence-corrected chi connectivity index (χ0v) is 12.2. The molecule has 4 heteroatoms. The lowest BCUT2D eigenvalue weighted by Gasteiger charge is -2.28. The summed E-state index contributed by atoms with van der Waals surface area (Å²) in [6.45, 7) is 4.86. The molecule has 3 rings (SSSR count). The van der Waals surface area contributed by atoms with Gasteiger partial charge in [0.15, 0.2) is 0 Å². The zero-order valence-electron chi connectivity index (χ0n) is 12.2. The smallest absolute Gasteiger partial charge is 0.246 e. The summed E-state index contributed by atoms with van der Waals surface area (Å²) < 4.78 is 12.9. The topological polar surface area (TPSA) is 32.3 Å². The van der Waals surface area contributed by atoms with Crippen molar-refractivity contribution < 1.29 is 9.18 Å². The van der Waals surface area contributed by atoms with Crippen molar-refractivity contribution in [3.63, 3.8) is 0 Å². The standard InChI is InChI=1S/C18H17FN2O/c1-2-18(22)21-10-9-13-3-6-17(11-14(13)12-21)20-16-7-4-15(19)5-8-16/h2-8,11,20H,1,9-10,12H2. The van der Waals surface area contributed by atoms with E-state index in [1.165, 1.54) is 23.8 Å². The number of carbonyl (C=O) groups is 1. The van der Waals surface area contributed by atoms with Gasteiger partial charge in [0.05, 0.1) is 0 Å². The van der Waals surface area contributed by atoms with Gasteiger partial charge in [0, 0.05) is 24.5 Å². The summed E-state index contributed by atoms with van der Waals surface area (Å²) >= 11 is 0. The number of carbonyl (C=O) groups excluding carboxylic acids is 1. The van der Waals surface area contributed by atoms with Crippen LogP contribution >= 0.6 is 0 Å². The van der Waals surface area contributed by atoms with E-state index < -0.39 is 0 Å². The second-order valence-corrected chi connectivity index (χ2v) is 5.33. The SMILES string of the molecule is C=CC(=O)N1CCc2ccc(Nc3ccc(F)cc3)cc2C1. The third-order valence-corrected chi connectivity index (χ3v) is 3.84. The Balaban J connectivity index is 1.79. The first-order chi connectivity index (χ1) is 10.7. The Morgan fingerprint density at radius 2 is 1.86 bits per heavy atom. The predicted molar refractivity (Wildman–Crippen MR) is 85.4 cm³/mol. The van der Waals surface area contributed by atoms with E-state index in [1.54, 1.807) is 17.0 Å². The Labute approximate surface area is 129 Å². The van der Waals surface area contributed by atoms with Crippen LogP contribution in [0.1, 0.15) is 11.1 Å². The number of hydrogen-bond acceptors (Lipinski definition) is 2. The third kappa shape index (κ3) is 3.01. The molecular weight excluding hydrogens is 279 g/mol. The summed E-state index contributed by atoms with van der Waals surface area (Å²) in [5.41, 5.74) is 4.15. The van der Waals surface area contributed by atoms with Crippen LogP contribution in [0.5, 0.6) is 0 Å². The monoisotopic (exact) mass is 296 g/mol. The minimum absolute atomic E-state index is 0.0393. The minimum Gasteiger partial charge on any atom is -0.356 e. The van der Waals surface area contributed by atoms with E-state index >= 15 is 0 Å². The van der Waals surface area contributed by atoms with Crippen molar-refractivity contribution in [1.29, 1.82) is 0 Å². The summed E-state index contributed by atoms with van der Waals surface area (Å²) in [7, 11) is 0. The van der Waals surface area contributed by atoms with Crippen LogP contribution in [0.15, 0.2) is 55.1 Å². The van der Waals surface area contributed by atoms with E-state index in [9.17, 15) is 9.18 Å². The molecule has 0 radical (unpaired) electrons. The van der Waals surface area contributed by atoms with Crippen LogP contribution in [0.25, 0.3) is 0 Å². The number of amides is 1. The molecule has 1 N–H and O–H groups in total. The van der Waals surface area contributed by atoms with Gasteiger partial charge < -0.3 is 10.2 Å². The van der Waals surface area contributed by atoms with Gasteiger partial charge in [0.1, 0.15) is 5.82 Å². The van der Waals surface area contributed by atoms with Crippen molar-refractivity contribution in [3.05, 3.63) is 72.1 Å². The van der Waals surface area contributed by atoms with E-state index in [0.717, 1.165) is 29.9 Å². The maximum Gasteiger partial charge on any atom is 0.246 e. The number of benzene rings is 2. The Kier molecular flexibility index (Phi) is 3.92. The second-order valence-electron chi connectivity index (χ2n) is 5.33. The number of fused-ring (bicyclic) bond motifs is 1. The molecule has 0 spiro atoms. The number of hydrogen-bond donors (Lipinski definition) is 1. The van der Waals surface area contributed by atoms with Crippen molar-refractivity contribution in [1.82, 2.24) is 4.90 Å². The molecule has 1 amide bonds. The molecule has 2 aromatic rings. The fourth-order valence-electron chi connectivity index (χ4n) is 2.65. The average Bonchev–Trinajstić information content (AvgIpc) is 2.55. The van der Waals surface area contributed by atoms with Crippen molar-refractivity contribution in [2.24, 2.45) is 0 Å². The lowest BCUT2D eigenvalue weighted by atomic mass is 9.99. The number of anilines is 2. The number of nitrogens with one attached hydrogen (secondary N) is 1. The molecule has 1 aliphatic rings. The lowest BCUT2D eigenvalue weighted by molar-refractivity contribution is -0.126. The summed E-state index contributed by atoms with van der Waals surface area (Å²) in [6, 6.07) is 12.4. The van der Waals surface area contributed by atoms with Crippen LogP contribution < -0.4 is 5.32 Å². The Bertz CT molecular complexity index is 710. The van der Waals surface area contributed by atoms with Gasteiger partial charge in [-0.1, -0.05) is 12.6 Å². The van der Waals surface area contributed by atoms with Crippen LogP contribution in [0, 0.1) is 5.82 Å². The molecule has 1 heterocycles. The molecule has 3 nitrogen and oxygen atoms in total. The van der Waals surface area contributed by atoms with Gasteiger partial charge in [-0.05, 0) is 60.0 Å². The summed E-state index contributed by atoms with van der Waals surface area (Å²) in [5, 5.41) is 3.25. The Morgan fingerprint density at radius 3 is 2.59 bits per heavy atom. The normalized spacial score (nSPS) is 13.4. The largest absolute Gasteiger partial charge is 0.356 e. The highest BCUT2D eigenvalue weighted by Crippen LogP contribution is 2.25. The molecule has 0 aromatic heterocycles. The van der Waals surface area contributed by atoms with Gasteiger partial charge in [-0.3, -0.25) is 4.79 Å². The van der Waals surface area contributed by atoms with Gasteiger partial charge in [-0.2, -0.15) is 0 Å². The highest BCUT2D eigenvalue weighted by atomic mass is 19.1. The molecular formula is C18H17FN2O. The zero-order chi connectivity index (χ0) is 15.5. The maximum atomic E-state index is 12.9. The quantitative estimate of drug-likeness (QED) is 0.877. The van der Waals surface area contributed by atoms with Crippen LogP contribution in [-0.2, 0) is 17.8 Å². The molecule has 0 saturated heterocycles. The van der Waals surface area contributed by atoms with Crippen molar-refractivity contribution in [3.8, 4) is 0 Å². The molecule has 0 aliphatic carbocycles. The molecule has 0 atom stereocenters. The molecule has 22 heavy (non-hydrogen) atoms. The first-order valence-electron chi connectivity index (χ1n) is 7.21. The van der Waals surface area contributed by atoms with E-state index in [2.05, 4.69) is 18.0 Å². The van der Waals surface area contributed by atoms with Gasteiger partial charge in [-0.25, -0.2) is 4.39 Å². The number of halogens is 1. The van der Waals surface area contributed by atoms with E-state index in [4.69, 9.17) is 0 Å². The van der Waals surface area contributed by atoms with Crippen molar-refractivity contribution in [2.75, 3.05) is 11.9 Å². The Morgan fingerprint density at radius 1 is 1.14 bits per heavy atom. The second kappa shape index (κ2) is 6.02. The summed E-state index contributed by atoms with van der Waals surface area (Å²) in [5.74, 6) is -0.294. The fraction of sp³-hybridized carbons (Fsp3) is 0.167. The average molecular weight is 296 g/mol. The van der Waals surface area contributed by atoms with E-state index in [1.807, 2.05) is 12.1 Å². The van der Waals surface area contributed by atoms with Gasteiger partial charge in [0.2, 0.25) is 5.91 Å². The van der Waals surface area contributed by atoms with Crippen molar-refractivity contribution >= 4 is 17.3 Å². The highest BCUT2D eigenvalue weighted by Gasteiger charge is 2.19. The number of nitrogens with zero attached hydrogens (tertiary/aromatic N) is 1. The highest BCUT2D eigenvalue weighted by molar-refractivity contribution is 5.87. The molecule has 0 unspecified atom stereocenters. The number of rotatable bonds is 3. The molecule has 1 aliphatic heterocycles. The third-order valence-electron chi connectivity index (χ3n) is 3.84. The molecule has 112 valence electrons. The van der Waals surface area contributed by atoms with Gasteiger partial charge in [-0.15, -0.1) is 0 Å². The van der Waals surface area contributed by atoms with Crippen LogP contribution in [0.3, 0.4) is 0 Å². The first kappa shape index (κ1) is 14.3. The summed E-state index contributed by atoms with van der Waals surface area (Å²) in [4.78, 5) is 13.5. The molecule has 2 aromatic carbocycles. The minimum atomic E-state index is -0.255. The predicted octanol–water partition coefficient (Wildman–Crippen LogP) is 3.64. The van der Waals surface area contributed by atoms with Crippen LogP contribution in [0.2, 0.25) is 0 Å². The van der Waals surface area contributed by atoms with Gasteiger partial charge in [0.25, 0.3) is 0 Å². The molecule has 0 bridgehead atoms. The lowest BCUT2D eigenvalue weighted by Crippen LogP contribution is -2.34. The fourth-order valence-corrected chi connectivity index (χ4v) is 2.65. The maximum absolute atomic E-state index is 12.9. The Hall–Kier alpha value is -2.62. The van der Waals surface area contributed by atoms with E-state index in [-0.39, 0.29) is 11.7 Å². The van der Waals surface area contributed by atoms with Crippen molar-refractivity contribution in [2.45, 2.75) is 13.0 Å². The molecule has 0 fully saturated rings. The molecule has 0 saturated carbocycles. The first-order valence-corrected chi connectivity index (χ1v) is 7.21. The van der Waals surface area contributed by atoms with Crippen LogP contribution in [0.4, 0.5) is 15.8 Å². The van der Waals surface area contributed by atoms with Crippen LogP contribution in [-0.4, -0.2) is 17.4 Å². The summed E-state index contributed by atoms with van der Waals surface area (Å²) in [6.07, 6.45) is 2.21. The van der Waals surface area contributed by atoms with Gasteiger partial charge >= 0.3 is 0 Å². The van der Waals surface area contributed by atoms with E-state index in [0.29, 0.717) is 6.54 Å².